The Hall–Kier alpha value is -3.40. The van der Waals surface area contributed by atoms with Crippen LogP contribution in [0.2, 0.25) is 0 Å². The van der Waals surface area contributed by atoms with Crippen LogP contribution in [-0.4, -0.2) is 25.5 Å². The molecule has 0 spiro atoms. The van der Waals surface area contributed by atoms with Crippen LogP contribution in [0.15, 0.2) is 30.3 Å². The third-order valence-electron chi connectivity index (χ3n) is 5.09. The van der Waals surface area contributed by atoms with E-state index in [1.165, 1.54) is 0 Å². The Labute approximate surface area is 164 Å². The van der Waals surface area contributed by atoms with E-state index in [1.807, 2.05) is 62.8 Å². The molecule has 3 aromatic rings. The second-order valence-electron chi connectivity index (χ2n) is 7.05. The van der Waals surface area contributed by atoms with Crippen molar-refractivity contribution >= 4 is 11.7 Å². The van der Waals surface area contributed by atoms with Gasteiger partial charge in [0.05, 0.1) is 11.4 Å². The summed E-state index contributed by atoms with van der Waals surface area (Å²) in [7, 11) is 1.90. The second-order valence-corrected chi connectivity index (χ2v) is 7.05. The lowest BCUT2D eigenvalue weighted by atomic mass is 9.99. The van der Waals surface area contributed by atoms with Gasteiger partial charge in [0.25, 0.3) is 0 Å². The summed E-state index contributed by atoms with van der Waals surface area (Å²) < 4.78 is 3.45. The van der Waals surface area contributed by atoms with Crippen molar-refractivity contribution in [2.24, 2.45) is 13.0 Å². The summed E-state index contributed by atoms with van der Waals surface area (Å²) in [6.07, 6.45) is 0.598. The molecule has 1 amide bonds. The normalized spacial score (nSPS) is 11.9. The van der Waals surface area contributed by atoms with Crippen molar-refractivity contribution in [3.05, 3.63) is 58.5 Å². The molecule has 0 saturated heterocycles. The van der Waals surface area contributed by atoms with Crippen molar-refractivity contribution < 1.29 is 4.79 Å². The van der Waals surface area contributed by atoms with Crippen LogP contribution < -0.4 is 5.32 Å². The third kappa shape index (κ3) is 3.54. The van der Waals surface area contributed by atoms with Gasteiger partial charge in [0.15, 0.2) is 5.69 Å². The highest BCUT2D eigenvalue weighted by molar-refractivity contribution is 5.93. The topological polar surface area (TPSA) is 88.5 Å². The quantitative estimate of drug-likeness (QED) is 0.740. The van der Waals surface area contributed by atoms with Crippen molar-refractivity contribution in [3.8, 4) is 11.8 Å². The summed E-state index contributed by atoms with van der Waals surface area (Å²) in [6.45, 7) is 7.65. The number of amides is 1. The Morgan fingerprint density at radius 2 is 1.89 bits per heavy atom. The fraction of sp³-hybridized carbons (Fsp3) is 0.333. The van der Waals surface area contributed by atoms with E-state index in [2.05, 4.69) is 21.6 Å². The molecule has 0 aliphatic carbocycles. The highest BCUT2D eigenvalue weighted by Crippen LogP contribution is 2.24. The first kappa shape index (κ1) is 19.4. The van der Waals surface area contributed by atoms with Gasteiger partial charge in [-0.3, -0.25) is 9.48 Å². The summed E-state index contributed by atoms with van der Waals surface area (Å²) in [5.41, 5.74) is 4.84. The first-order valence-corrected chi connectivity index (χ1v) is 9.18. The molecule has 0 fully saturated rings. The van der Waals surface area contributed by atoms with Gasteiger partial charge in [-0.1, -0.05) is 25.1 Å². The number of aryl methyl sites for hydroxylation is 2. The van der Waals surface area contributed by atoms with E-state index in [4.69, 9.17) is 0 Å². The van der Waals surface area contributed by atoms with Crippen LogP contribution in [0, 0.1) is 38.0 Å². The minimum Gasteiger partial charge on any atom is -0.310 e. The summed E-state index contributed by atoms with van der Waals surface area (Å²) in [5, 5.41) is 21.1. The number of para-hydroxylation sites is 1. The summed E-state index contributed by atoms with van der Waals surface area (Å²) in [6, 6.07) is 11.5. The Balaban J connectivity index is 1.88. The molecule has 1 aromatic carbocycles. The van der Waals surface area contributed by atoms with Crippen LogP contribution in [0.25, 0.3) is 5.69 Å². The predicted octanol–water partition coefficient (Wildman–Crippen LogP) is 3.22. The molecular weight excluding hydrogens is 352 g/mol. The molecule has 1 atom stereocenters. The van der Waals surface area contributed by atoms with E-state index >= 15 is 0 Å². The number of aromatic nitrogens is 4. The van der Waals surface area contributed by atoms with Crippen LogP contribution in [0.4, 0.5) is 5.82 Å². The van der Waals surface area contributed by atoms with E-state index in [-0.39, 0.29) is 11.8 Å². The van der Waals surface area contributed by atoms with Crippen molar-refractivity contribution in [1.82, 2.24) is 19.6 Å². The molecule has 0 saturated carbocycles. The molecule has 1 N–H and O–H groups in total. The number of benzene rings is 1. The van der Waals surface area contributed by atoms with E-state index in [9.17, 15) is 10.1 Å². The lowest BCUT2D eigenvalue weighted by Crippen LogP contribution is -2.24. The summed E-state index contributed by atoms with van der Waals surface area (Å²) in [4.78, 5) is 12.9. The van der Waals surface area contributed by atoms with Crippen molar-refractivity contribution in [2.45, 2.75) is 34.1 Å². The van der Waals surface area contributed by atoms with Crippen molar-refractivity contribution in [1.29, 1.82) is 5.26 Å². The lowest BCUT2D eigenvalue weighted by Gasteiger charge is -2.14. The van der Waals surface area contributed by atoms with Gasteiger partial charge in [-0.05, 0) is 44.9 Å². The van der Waals surface area contributed by atoms with E-state index < -0.39 is 0 Å². The van der Waals surface area contributed by atoms with Crippen LogP contribution >= 0.6 is 0 Å². The molecule has 2 heterocycles. The molecule has 0 aliphatic heterocycles. The van der Waals surface area contributed by atoms with Gasteiger partial charge < -0.3 is 5.32 Å². The molecule has 144 valence electrons. The first-order valence-electron chi connectivity index (χ1n) is 9.18. The molecule has 2 aromatic heterocycles. The third-order valence-corrected chi connectivity index (χ3v) is 5.09. The number of hydrogen-bond donors (Lipinski definition) is 1. The van der Waals surface area contributed by atoms with Crippen LogP contribution in [0.5, 0.6) is 0 Å². The molecule has 3 rings (SSSR count). The van der Waals surface area contributed by atoms with Crippen LogP contribution in [0.3, 0.4) is 0 Å². The molecule has 0 aliphatic rings. The number of carbonyl (C=O) groups excluding carboxylic acids is 1. The van der Waals surface area contributed by atoms with E-state index in [1.54, 1.807) is 11.6 Å². The first-order chi connectivity index (χ1) is 13.3. The number of nitrogens with zero attached hydrogens (tertiary/aromatic N) is 5. The molecule has 28 heavy (non-hydrogen) atoms. The maximum Gasteiger partial charge on any atom is 0.228 e. The minimum absolute atomic E-state index is 0.118. The number of nitrogens with one attached hydrogen (secondary N) is 1. The molecular formula is C21H24N6O. The molecule has 0 bridgehead atoms. The predicted molar refractivity (Wildman–Crippen MR) is 107 cm³/mol. The SMILES string of the molecule is Cc1nn(C)c(C)c1CC(C)C(=O)Nc1c(C)c(C#N)nn1-c1ccccc1. The molecule has 0 radical (unpaired) electrons. The van der Waals surface area contributed by atoms with E-state index in [0.29, 0.717) is 23.5 Å². The minimum atomic E-state index is -0.259. The number of nitriles is 1. The smallest absolute Gasteiger partial charge is 0.228 e. The Kier molecular flexibility index (Phi) is 5.32. The number of hydrogen-bond acceptors (Lipinski definition) is 4. The summed E-state index contributed by atoms with van der Waals surface area (Å²) >= 11 is 0. The number of carbonyl (C=O) groups is 1. The lowest BCUT2D eigenvalue weighted by molar-refractivity contribution is -0.119. The van der Waals surface area contributed by atoms with Crippen molar-refractivity contribution in [3.63, 3.8) is 0 Å². The zero-order valence-corrected chi connectivity index (χ0v) is 16.8. The highest BCUT2D eigenvalue weighted by atomic mass is 16.2. The van der Waals surface area contributed by atoms with Gasteiger partial charge in [0.2, 0.25) is 5.91 Å². The average Bonchev–Trinajstić information content (AvgIpc) is 3.13. The van der Waals surface area contributed by atoms with Gasteiger partial charge >= 0.3 is 0 Å². The zero-order chi connectivity index (χ0) is 20.4. The fourth-order valence-electron chi connectivity index (χ4n) is 3.26. The second kappa shape index (κ2) is 7.69. The molecule has 7 nitrogen and oxygen atoms in total. The number of rotatable bonds is 5. The monoisotopic (exact) mass is 376 g/mol. The zero-order valence-electron chi connectivity index (χ0n) is 16.8. The maximum absolute atomic E-state index is 12.9. The standard InChI is InChI=1S/C21H24N6O/c1-13(11-18-15(3)24-26(5)16(18)4)21(28)23-20-14(2)19(12-22)25-27(20)17-9-7-6-8-10-17/h6-10,13H,11H2,1-5H3,(H,23,28). The van der Waals surface area contributed by atoms with Gasteiger partial charge in [-0.2, -0.15) is 15.5 Å². The van der Waals surface area contributed by atoms with Gasteiger partial charge in [0, 0.05) is 24.2 Å². The molecule has 7 heteroatoms. The largest absolute Gasteiger partial charge is 0.310 e. The average molecular weight is 376 g/mol. The Morgan fingerprint density at radius 1 is 1.21 bits per heavy atom. The van der Waals surface area contributed by atoms with Gasteiger partial charge in [0.1, 0.15) is 11.9 Å². The van der Waals surface area contributed by atoms with Gasteiger partial charge in [-0.15, -0.1) is 0 Å². The van der Waals surface area contributed by atoms with E-state index in [0.717, 1.165) is 22.6 Å². The van der Waals surface area contributed by atoms with Crippen molar-refractivity contribution in [2.75, 3.05) is 5.32 Å². The fourth-order valence-corrected chi connectivity index (χ4v) is 3.26. The van der Waals surface area contributed by atoms with Crippen LogP contribution in [0.1, 0.15) is 35.1 Å². The highest BCUT2D eigenvalue weighted by Gasteiger charge is 2.22. The number of anilines is 1. The maximum atomic E-state index is 12.9. The summed E-state index contributed by atoms with van der Waals surface area (Å²) in [5.74, 6) is 0.150. The Morgan fingerprint density at radius 3 is 2.46 bits per heavy atom. The molecule has 1 unspecified atom stereocenters. The van der Waals surface area contributed by atoms with Crippen LogP contribution in [-0.2, 0) is 18.3 Å². The van der Waals surface area contributed by atoms with Gasteiger partial charge in [-0.25, -0.2) is 4.68 Å². The Bertz CT molecular complexity index is 1050.